The maximum Gasteiger partial charge on any atom is 0.502 e. The van der Waals surface area contributed by atoms with Crippen LogP contribution >= 0.6 is 0 Å². The first-order valence-electron chi connectivity index (χ1n) is 4.27. The van der Waals surface area contributed by atoms with E-state index in [9.17, 15) is 21.6 Å². The molecule has 0 aliphatic rings. The second kappa shape index (κ2) is 4.59. The number of hydrogen-bond acceptors (Lipinski definition) is 3. The van der Waals surface area contributed by atoms with Crippen molar-refractivity contribution in [3.63, 3.8) is 0 Å². The molecule has 0 radical (unpaired) electrons. The Hall–Kier alpha value is -1.81. The van der Waals surface area contributed by atoms with Gasteiger partial charge in [-0.2, -0.15) is 18.4 Å². The van der Waals surface area contributed by atoms with E-state index >= 15 is 0 Å². The summed E-state index contributed by atoms with van der Waals surface area (Å²) in [6.07, 6.45) is 0.683. The van der Waals surface area contributed by atoms with Crippen LogP contribution in [0.1, 0.15) is 5.56 Å². The van der Waals surface area contributed by atoms with Gasteiger partial charge in [-0.3, -0.25) is 0 Å². The SMILES string of the molecule is N#C/C(=C/c1ccccc1)S(=O)(=O)C(F)(F)F. The Morgan fingerprint density at radius 3 is 2.18 bits per heavy atom. The van der Waals surface area contributed by atoms with Gasteiger partial charge in [-0.25, -0.2) is 8.42 Å². The van der Waals surface area contributed by atoms with Crippen molar-refractivity contribution in [3.8, 4) is 6.07 Å². The highest BCUT2D eigenvalue weighted by atomic mass is 32.2. The molecule has 3 nitrogen and oxygen atoms in total. The number of nitriles is 1. The number of rotatable bonds is 2. The van der Waals surface area contributed by atoms with Crippen LogP contribution in [0.2, 0.25) is 0 Å². The predicted octanol–water partition coefficient (Wildman–Crippen LogP) is 2.49. The molecule has 0 aliphatic heterocycles. The molecule has 0 aliphatic carbocycles. The average molecular weight is 261 g/mol. The van der Waals surface area contributed by atoms with Gasteiger partial charge in [0.05, 0.1) is 0 Å². The smallest absolute Gasteiger partial charge is 0.214 e. The molecule has 0 heterocycles. The standard InChI is InChI=1S/C10H6F3NO2S/c11-10(12,13)17(15,16)9(7-14)6-8-4-2-1-3-5-8/h1-6H/b9-6-. The van der Waals surface area contributed by atoms with Crippen molar-refractivity contribution in [2.75, 3.05) is 0 Å². The van der Waals surface area contributed by atoms with Gasteiger partial charge in [0.25, 0.3) is 9.84 Å². The van der Waals surface area contributed by atoms with Gasteiger partial charge in [-0.1, -0.05) is 30.3 Å². The Labute approximate surface area is 95.7 Å². The van der Waals surface area contributed by atoms with Crippen LogP contribution in [0.5, 0.6) is 0 Å². The first kappa shape index (κ1) is 13.3. The first-order valence-corrected chi connectivity index (χ1v) is 5.75. The van der Waals surface area contributed by atoms with E-state index in [1.165, 1.54) is 24.3 Å². The second-order valence-electron chi connectivity index (χ2n) is 2.98. The summed E-state index contributed by atoms with van der Waals surface area (Å²) in [6.45, 7) is 0. The summed E-state index contributed by atoms with van der Waals surface area (Å²) < 4.78 is 58.5. The second-order valence-corrected chi connectivity index (χ2v) is 4.89. The van der Waals surface area contributed by atoms with Crippen molar-refractivity contribution in [2.45, 2.75) is 5.51 Å². The molecule has 0 saturated carbocycles. The Morgan fingerprint density at radius 1 is 1.24 bits per heavy atom. The predicted molar refractivity (Wildman–Crippen MR) is 55.0 cm³/mol. The molecule has 1 aromatic rings. The minimum absolute atomic E-state index is 0.205. The number of allylic oxidation sites excluding steroid dienone is 1. The third-order valence-electron chi connectivity index (χ3n) is 1.80. The van der Waals surface area contributed by atoms with Gasteiger partial charge < -0.3 is 0 Å². The first-order chi connectivity index (χ1) is 7.79. The molecule has 0 N–H and O–H groups in total. The van der Waals surface area contributed by atoms with Crippen LogP contribution in [0, 0.1) is 11.3 Å². The molecule has 0 aromatic heterocycles. The van der Waals surface area contributed by atoms with Crippen LogP contribution in [0.3, 0.4) is 0 Å². The zero-order valence-electron chi connectivity index (χ0n) is 8.27. The molecule has 17 heavy (non-hydrogen) atoms. The fraction of sp³-hybridized carbons (Fsp3) is 0.100. The minimum atomic E-state index is -5.59. The summed E-state index contributed by atoms with van der Waals surface area (Å²) in [5, 5.41) is 8.49. The van der Waals surface area contributed by atoms with E-state index < -0.39 is 20.3 Å². The lowest BCUT2D eigenvalue weighted by molar-refractivity contribution is -0.0425. The third-order valence-corrected chi connectivity index (χ3v) is 3.20. The molecule has 1 rings (SSSR count). The van der Waals surface area contributed by atoms with E-state index in [4.69, 9.17) is 5.26 Å². The van der Waals surface area contributed by atoms with Crippen molar-refractivity contribution >= 4 is 15.9 Å². The van der Waals surface area contributed by atoms with E-state index in [0.717, 1.165) is 6.07 Å². The number of nitrogens with zero attached hydrogens (tertiary/aromatic N) is 1. The van der Waals surface area contributed by atoms with Crippen LogP contribution in [-0.2, 0) is 9.84 Å². The largest absolute Gasteiger partial charge is 0.502 e. The summed E-state index contributed by atoms with van der Waals surface area (Å²) in [6, 6.07) is 8.48. The summed E-state index contributed by atoms with van der Waals surface area (Å²) >= 11 is 0. The van der Waals surface area contributed by atoms with Crippen molar-refractivity contribution in [2.24, 2.45) is 0 Å². The van der Waals surface area contributed by atoms with Gasteiger partial charge in [0.2, 0.25) is 0 Å². The Morgan fingerprint density at radius 2 is 1.76 bits per heavy atom. The molecule has 7 heteroatoms. The van der Waals surface area contributed by atoms with Gasteiger partial charge >= 0.3 is 5.51 Å². The van der Waals surface area contributed by atoms with Crippen LogP contribution < -0.4 is 0 Å². The Balaban J connectivity index is 3.29. The highest BCUT2D eigenvalue weighted by molar-refractivity contribution is 7.96. The number of benzene rings is 1. The zero-order chi connectivity index (χ0) is 13.1. The maximum absolute atomic E-state index is 12.2. The molecule has 0 spiro atoms. The summed E-state index contributed by atoms with van der Waals surface area (Å²) in [5.74, 6) is 0. The van der Waals surface area contributed by atoms with Crippen LogP contribution in [0.15, 0.2) is 35.2 Å². The van der Waals surface area contributed by atoms with E-state index in [-0.39, 0.29) is 5.56 Å². The molecule has 0 atom stereocenters. The van der Waals surface area contributed by atoms with Gasteiger partial charge in [0, 0.05) is 0 Å². The topological polar surface area (TPSA) is 57.9 Å². The third kappa shape index (κ3) is 2.85. The lowest BCUT2D eigenvalue weighted by Gasteiger charge is -2.06. The zero-order valence-corrected chi connectivity index (χ0v) is 9.09. The van der Waals surface area contributed by atoms with E-state index in [2.05, 4.69) is 0 Å². The molecule has 1 aromatic carbocycles. The monoisotopic (exact) mass is 261 g/mol. The lowest BCUT2D eigenvalue weighted by Crippen LogP contribution is -2.24. The molecule has 90 valence electrons. The summed E-state index contributed by atoms with van der Waals surface area (Å²) in [4.78, 5) is -1.32. The number of hydrogen-bond donors (Lipinski definition) is 0. The van der Waals surface area contributed by atoms with Crippen LogP contribution in [0.4, 0.5) is 13.2 Å². The molecular weight excluding hydrogens is 255 g/mol. The van der Waals surface area contributed by atoms with Gasteiger partial charge in [-0.15, -0.1) is 0 Å². The maximum atomic E-state index is 12.2. The fourth-order valence-electron chi connectivity index (χ4n) is 0.995. The molecule has 0 unspecified atom stereocenters. The fourth-order valence-corrected chi connectivity index (χ4v) is 1.66. The number of halogens is 3. The molecule has 0 fully saturated rings. The molecular formula is C10H6F3NO2S. The molecule has 0 bridgehead atoms. The number of sulfone groups is 1. The van der Waals surface area contributed by atoms with Crippen molar-refractivity contribution in [3.05, 3.63) is 40.8 Å². The summed E-state index contributed by atoms with van der Waals surface area (Å²) in [7, 11) is -5.59. The van der Waals surface area contributed by atoms with Gasteiger partial charge in [0.15, 0.2) is 4.91 Å². The van der Waals surface area contributed by atoms with Gasteiger partial charge in [0.1, 0.15) is 6.07 Å². The van der Waals surface area contributed by atoms with E-state index in [1.807, 2.05) is 0 Å². The van der Waals surface area contributed by atoms with Crippen molar-refractivity contribution in [1.29, 1.82) is 5.26 Å². The van der Waals surface area contributed by atoms with Gasteiger partial charge in [-0.05, 0) is 11.6 Å². The van der Waals surface area contributed by atoms with Crippen LogP contribution in [0.25, 0.3) is 6.08 Å². The normalized spacial score (nSPS) is 13.2. The quantitative estimate of drug-likeness (QED) is 0.768. The Kier molecular flexibility index (Phi) is 3.58. The minimum Gasteiger partial charge on any atom is -0.214 e. The number of alkyl halides is 3. The highest BCUT2D eigenvalue weighted by Gasteiger charge is 2.48. The van der Waals surface area contributed by atoms with E-state index in [1.54, 1.807) is 6.07 Å². The lowest BCUT2D eigenvalue weighted by atomic mass is 10.2. The van der Waals surface area contributed by atoms with Crippen molar-refractivity contribution in [1.82, 2.24) is 0 Å². The highest BCUT2D eigenvalue weighted by Crippen LogP contribution is 2.30. The average Bonchev–Trinajstić information content (AvgIpc) is 2.25. The Bertz CT molecular complexity index is 568. The summed E-state index contributed by atoms with van der Waals surface area (Å²) in [5.41, 5.74) is -5.26. The van der Waals surface area contributed by atoms with Crippen molar-refractivity contribution < 1.29 is 21.6 Å². The van der Waals surface area contributed by atoms with Crippen LogP contribution in [-0.4, -0.2) is 13.9 Å². The van der Waals surface area contributed by atoms with E-state index in [0.29, 0.717) is 6.08 Å². The molecule has 0 amide bonds. The molecule has 0 saturated heterocycles.